The molecule has 4 heteroatoms. The molecule has 1 heterocycles. The van der Waals surface area contributed by atoms with E-state index < -0.39 is 0 Å². The number of hydrogen-bond donors (Lipinski definition) is 1. The molecule has 0 spiro atoms. The Labute approximate surface area is 122 Å². The summed E-state index contributed by atoms with van der Waals surface area (Å²) in [5.74, 6) is 1.72. The van der Waals surface area contributed by atoms with Gasteiger partial charge in [-0.1, -0.05) is 35.0 Å². The van der Waals surface area contributed by atoms with E-state index in [1.165, 1.54) is 0 Å². The number of benzene rings is 1. The fraction of sp³-hybridized carbons (Fsp3) is 0.333. The Morgan fingerprint density at radius 2 is 1.79 bits per heavy atom. The largest absolute Gasteiger partial charge is 0.370 e. The zero-order chi connectivity index (χ0) is 13.8. The molecular weight excluding hydrogens is 302 g/mol. The van der Waals surface area contributed by atoms with E-state index in [4.69, 9.17) is 0 Å². The highest BCUT2D eigenvalue weighted by molar-refractivity contribution is 9.10. The number of anilines is 1. The predicted molar refractivity (Wildman–Crippen MR) is 83.4 cm³/mol. The van der Waals surface area contributed by atoms with Gasteiger partial charge in [0.1, 0.15) is 5.82 Å². The van der Waals surface area contributed by atoms with E-state index >= 15 is 0 Å². The molecule has 2 rings (SSSR count). The summed E-state index contributed by atoms with van der Waals surface area (Å²) in [6.45, 7) is 7.13. The van der Waals surface area contributed by atoms with Crippen molar-refractivity contribution in [2.45, 2.75) is 27.2 Å². The summed E-state index contributed by atoms with van der Waals surface area (Å²) in [7, 11) is 0. The Balaban J connectivity index is 2.51. The van der Waals surface area contributed by atoms with E-state index in [-0.39, 0.29) is 0 Å². The molecule has 0 aliphatic rings. The van der Waals surface area contributed by atoms with Crippen molar-refractivity contribution in [3.8, 4) is 11.4 Å². The fourth-order valence-electron chi connectivity index (χ4n) is 1.97. The molecule has 0 saturated carbocycles. The van der Waals surface area contributed by atoms with Gasteiger partial charge in [-0.25, -0.2) is 9.97 Å². The molecule has 100 valence electrons. The van der Waals surface area contributed by atoms with Crippen LogP contribution in [-0.4, -0.2) is 16.5 Å². The smallest absolute Gasteiger partial charge is 0.161 e. The predicted octanol–water partition coefficient (Wildman–Crippen LogP) is 4.21. The van der Waals surface area contributed by atoms with Crippen LogP contribution in [0.25, 0.3) is 11.4 Å². The van der Waals surface area contributed by atoms with Gasteiger partial charge in [-0.3, -0.25) is 0 Å². The van der Waals surface area contributed by atoms with E-state index in [1.54, 1.807) is 0 Å². The lowest BCUT2D eigenvalue weighted by molar-refractivity contribution is 0.970. The van der Waals surface area contributed by atoms with Crippen LogP contribution in [0.5, 0.6) is 0 Å². The zero-order valence-corrected chi connectivity index (χ0v) is 13.1. The Morgan fingerprint density at radius 3 is 2.37 bits per heavy atom. The average Bonchev–Trinajstić information content (AvgIpc) is 2.42. The van der Waals surface area contributed by atoms with Crippen molar-refractivity contribution in [2.24, 2.45) is 0 Å². The minimum atomic E-state index is 0.783. The molecule has 1 aromatic carbocycles. The van der Waals surface area contributed by atoms with Crippen molar-refractivity contribution in [2.75, 3.05) is 11.9 Å². The van der Waals surface area contributed by atoms with E-state index in [0.717, 1.165) is 45.9 Å². The number of rotatable bonds is 4. The van der Waals surface area contributed by atoms with Crippen LogP contribution >= 0.6 is 15.9 Å². The lowest BCUT2D eigenvalue weighted by Gasteiger charge is -2.12. The van der Waals surface area contributed by atoms with E-state index in [2.05, 4.69) is 52.0 Å². The number of halogens is 1. The summed E-state index contributed by atoms with van der Waals surface area (Å²) in [4.78, 5) is 9.30. The van der Waals surface area contributed by atoms with Crippen LogP contribution in [0.3, 0.4) is 0 Å². The molecule has 0 saturated heterocycles. The summed E-state index contributed by atoms with van der Waals surface area (Å²) >= 11 is 3.44. The van der Waals surface area contributed by atoms with Gasteiger partial charge in [0.05, 0.1) is 0 Å². The van der Waals surface area contributed by atoms with Gasteiger partial charge in [0, 0.05) is 27.8 Å². The van der Waals surface area contributed by atoms with Gasteiger partial charge in [0.2, 0.25) is 0 Å². The monoisotopic (exact) mass is 319 g/mol. The van der Waals surface area contributed by atoms with Crippen molar-refractivity contribution in [3.05, 3.63) is 40.0 Å². The standard InChI is InChI=1S/C15H18BrN3/c1-4-13-10(3)14(17-5-2)19-15(18-13)11-6-8-12(16)9-7-11/h6-9H,4-5H2,1-3H3,(H,17,18,19). The van der Waals surface area contributed by atoms with Gasteiger partial charge in [-0.15, -0.1) is 0 Å². The molecule has 19 heavy (non-hydrogen) atoms. The summed E-state index contributed by atoms with van der Waals surface area (Å²) in [6, 6.07) is 8.09. The second kappa shape index (κ2) is 6.15. The van der Waals surface area contributed by atoms with Gasteiger partial charge in [-0.05, 0) is 32.4 Å². The quantitative estimate of drug-likeness (QED) is 0.917. The molecule has 0 bridgehead atoms. The molecule has 0 fully saturated rings. The number of nitrogens with one attached hydrogen (secondary N) is 1. The fourth-order valence-corrected chi connectivity index (χ4v) is 2.24. The third-order valence-electron chi connectivity index (χ3n) is 3.03. The second-order valence-corrected chi connectivity index (χ2v) is 5.27. The first-order valence-corrected chi connectivity index (χ1v) is 7.32. The molecule has 0 aliphatic carbocycles. The van der Waals surface area contributed by atoms with E-state index in [0.29, 0.717) is 0 Å². The Hall–Kier alpha value is -1.42. The Morgan fingerprint density at radius 1 is 1.11 bits per heavy atom. The highest BCUT2D eigenvalue weighted by Gasteiger charge is 2.10. The second-order valence-electron chi connectivity index (χ2n) is 4.36. The highest BCUT2D eigenvalue weighted by atomic mass is 79.9. The Bertz CT molecular complexity index is 564. The van der Waals surface area contributed by atoms with Gasteiger partial charge in [0.15, 0.2) is 5.82 Å². The van der Waals surface area contributed by atoms with Gasteiger partial charge in [-0.2, -0.15) is 0 Å². The maximum atomic E-state index is 4.67. The number of aromatic nitrogens is 2. The van der Waals surface area contributed by atoms with Crippen molar-refractivity contribution in [1.29, 1.82) is 0 Å². The molecule has 0 atom stereocenters. The van der Waals surface area contributed by atoms with Crippen LogP contribution in [0, 0.1) is 6.92 Å². The maximum absolute atomic E-state index is 4.67. The van der Waals surface area contributed by atoms with E-state index in [9.17, 15) is 0 Å². The molecule has 3 nitrogen and oxygen atoms in total. The molecule has 0 radical (unpaired) electrons. The topological polar surface area (TPSA) is 37.8 Å². The van der Waals surface area contributed by atoms with Gasteiger partial charge < -0.3 is 5.32 Å². The zero-order valence-electron chi connectivity index (χ0n) is 11.5. The van der Waals surface area contributed by atoms with Crippen LogP contribution in [0.4, 0.5) is 5.82 Å². The van der Waals surface area contributed by atoms with Crippen LogP contribution in [-0.2, 0) is 6.42 Å². The normalized spacial score (nSPS) is 10.5. The summed E-state index contributed by atoms with van der Waals surface area (Å²) in [5, 5.41) is 3.31. The molecule has 0 unspecified atom stereocenters. The molecule has 1 N–H and O–H groups in total. The first kappa shape index (κ1) is 14.0. The average molecular weight is 320 g/mol. The van der Waals surface area contributed by atoms with Crippen LogP contribution in [0.1, 0.15) is 25.1 Å². The number of aryl methyl sites for hydroxylation is 1. The van der Waals surface area contributed by atoms with Crippen LogP contribution in [0.15, 0.2) is 28.7 Å². The van der Waals surface area contributed by atoms with E-state index in [1.807, 2.05) is 24.3 Å². The van der Waals surface area contributed by atoms with Crippen molar-refractivity contribution in [1.82, 2.24) is 9.97 Å². The summed E-state index contributed by atoms with van der Waals surface area (Å²) in [6.07, 6.45) is 0.913. The third-order valence-corrected chi connectivity index (χ3v) is 3.56. The Kier molecular flexibility index (Phi) is 4.53. The molecule has 0 aliphatic heterocycles. The van der Waals surface area contributed by atoms with Crippen molar-refractivity contribution in [3.63, 3.8) is 0 Å². The first-order valence-electron chi connectivity index (χ1n) is 6.53. The van der Waals surface area contributed by atoms with Crippen molar-refractivity contribution >= 4 is 21.7 Å². The number of nitrogens with zero attached hydrogens (tertiary/aromatic N) is 2. The van der Waals surface area contributed by atoms with Gasteiger partial charge >= 0.3 is 0 Å². The minimum Gasteiger partial charge on any atom is -0.370 e. The minimum absolute atomic E-state index is 0.783. The van der Waals surface area contributed by atoms with Gasteiger partial charge in [0.25, 0.3) is 0 Å². The maximum Gasteiger partial charge on any atom is 0.161 e. The summed E-state index contributed by atoms with van der Waals surface area (Å²) < 4.78 is 1.06. The number of hydrogen-bond acceptors (Lipinski definition) is 3. The van der Waals surface area contributed by atoms with Crippen LogP contribution in [0.2, 0.25) is 0 Å². The summed E-state index contributed by atoms with van der Waals surface area (Å²) in [5.41, 5.74) is 3.28. The van der Waals surface area contributed by atoms with Crippen molar-refractivity contribution < 1.29 is 0 Å². The third kappa shape index (κ3) is 3.13. The molecular formula is C15H18BrN3. The molecule has 0 amide bonds. The SMILES string of the molecule is CCNc1nc(-c2ccc(Br)cc2)nc(CC)c1C. The highest BCUT2D eigenvalue weighted by Crippen LogP contribution is 2.23. The lowest BCUT2D eigenvalue weighted by Crippen LogP contribution is -2.07. The first-order chi connectivity index (χ1) is 9.15. The molecule has 1 aromatic heterocycles. The lowest BCUT2D eigenvalue weighted by atomic mass is 10.1. The van der Waals surface area contributed by atoms with Crippen LogP contribution < -0.4 is 5.32 Å². The molecule has 2 aromatic rings.